The van der Waals surface area contributed by atoms with Crippen LogP contribution < -0.4 is 4.90 Å². The zero-order valence-electron chi connectivity index (χ0n) is 14.9. The second kappa shape index (κ2) is 7.39. The number of hydrogen-bond acceptors (Lipinski definition) is 7. The van der Waals surface area contributed by atoms with Crippen molar-refractivity contribution in [2.75, 3.05) is 31.1 Å². The second-order valence-corrected chi connectivity index (χ2v) is 6.71. The number of aliphatic hydroxyl groups excluding tert-OH is 1. The molecule has 0 radical (unpaired) electrons. The molecule has 1 aliphatic rings. The Bertz CT molecular complexity index is 867. The van der Waals surface area contributed by atoms with Gasteiger partial charge in [-0.3, -0.25) is 4.90 Å². The van der Waals surface area contributed by atoms with Gasteiger partial charge in [0.05, 0.1) is 5.69 Å². The van der Waals surface area contributed by atoms with Crippen LogP contribution in [0.15, 0.2) is 41.2 Å². The number of aryl methyl sites for hydroxylation is 1. The molecule has 3 heterocycles. The van der Waals surface area contributed by atoms with E-state index in [0.29, 0.717) is 5.71 Å². The number of hydrogen-bond donors (Lipinski definition) is 1. The van der Waals surface area contributed by atoms with Crippen molar-refractivity contribution in [1.82, 2.24) is 20.0 Å². The molecule has 0 saturated carbocycles. The van der Waals surface area contributed by atoms with E-state index < -0.39 is 0 Å². The molecule has 1 saturated heterocycles. The maximum atomic E-state index is 9.55. The van der Waals surface area contributed by atoms with Crippen LogP contribution in [0.1, 0.15) is 17.7 Å². The van der Waals surface area contributed by atoms with Crippen LogP contribution in [-0.4, -0.2) is 57.4 Å². The highest BCUT2D eigenvalue weighted by atomic mass is 16.5. The first-order valence-electron chi connectivity index (χ1n) is 8.97. The molecular weight excluding hydrogens is 330 g/mol. The smallest absolute Gasteiger partial charge is 0.263 e. The van der Waals surface area contributed by atoms with Crippen LogP contribution in [0.5, 0.6) is 0 Å². The molecule has 0 bridgehead atoms. The van der Waals surface area contributed by atoms with Gasteiger partial charge in [0.2, 0.25) is 0 Å². The fraction of sp³-hybridized carbons (Fsp3) is 0.421. The molecule has 0 spiro atoms. The summed E-state index contributed by atoms with van der Waals surface area (Å²) in [6, 6.07) is 10.7. The first-order chi connectivity index (χ1) is 12.8. The van der Waals surface area contributed by atoms with Crippen LogP contribution in [0.3, 0.4) is 0 Å². The molecule has 1 unspecified atom stereocenters. The van der Waals surface area contributed by atoms with Gasteiger partial charge in [-0.25, -0.2) is 4.98 Å². The molecule has 0 aliphatic carbocycles. The summed E-state index contributed by atoms with van der Waals surface area (Å²) >= 11 is 0. The fourth-order valence-electron chi connectivity index (χ4n) is 3.68. The summed E-state index contributed by atoms with van der Waals surface area (Å²) in [6.07, 6.45) is 2.26. The van der Waals surface area contributed by atoms with Gasteiger partial charge in [0.15, 0.2) is 0 Å². The average Bonchev–Trinajstić information content (AvgIpc) is 3.06. The average molecular weight is 353 g/mol. The molecule has 1 aromatic carbocycles. The van der Waals surface area contributed by atoms with E-state index in [1.165, 1.54) is 11.9 Å². The second-order valence-electron chi connectivity index (χ2n) is 6.71. The van der Waals surface area contributed by atoms with Crippen LogP contribution in [0.4, 0.5) is 5.82 Å². The van der Waals surface area contributed by atoms with Gasteiger partial charge in [0, 0.05) is 38.8 Å². The highest BCUT2D eigenvalue weighted by molar-refractivity contribution is 5.87. The number of rotatable bonds is 5. The summed E-state index contributed by atoms with van der Waals surface area (Å²) in [4.78, 5) is 13.4. The van der Waals surface area contributed by atoms with Crippen molar-refractivity contribution in [1.29, 1.82) is 0 Å². The zero-order valence-corrected chi connectivity index (χ0v) is 14.9. The third kappa shape index (κ3) is 3.27. The minimum atomic E-state index is 0.176. The van der Waals surface area contributed by atoms with E-state index in [4.69, 9.17) is 4.52 Å². The van der Waals surface area contributed by atoms with Crippen molar-refractivity contribution >= 4 is 16.9 Å². The Balaban J connectivity index is 1.56. The Morgan fingerprint density at radius 2 is 2.04 bits per heavy atom. The van der Waals surface area contributed by atoms with E-state index in [-0.39, 0.29) is 12.6 Å². The van der Waals surface area contributed by atoms with Crippen molar-refractivity contribution < 1.29 is 9.63 Å². The Morgan fingerprint density at radius 3 is 2.85 bits per heavy atom. The summed E-state index contributed by atoms with van der Waals surface area (Å²) in [5, 5.41) is 14.5. The highest BCUT2D eigenvalue weighted by Gasteiger charge is 2.29. The van der Waals surface area contributed by atoms with Gasteiger partial charge < -0.3 is 14.5 Å². The SMILES string of the molecule is Cc1noc2ncnc(N3CCN(Cc4ccccc4)C(CCO)C3)c12. The lowest BCUT2D eigenvalue weighted by Gasteiger charge is -2.42. The molecule has 7 nitrogen and oxygen atoms in total. The van der Waals surface area contributed by atoms with Gasteiger partial charge in [-0.1, -0.05) is 35.5 Å². The van der Waals surface area contributed by atoms with E-state index in [1.54, 1.807) is 0 Å². The monoisotopic (exact) mass is 353 g/mol. The standard InChI is InChI=1S/C19H23N5O2/c1-14-17-18(20-13-21-19(17)26-22-14)24-9-8-23(16(12-24)7-10-25)11-15-5-3-2-4-6-15/h2-6,13,16,25H,7-12H2,1H3. The molecule has 1 N–H and O–H groups in total. The molecule has 0 amide bonds. The fourth-order valence-corrected chi connectivity index (χ4v) is 3.68. The molecular formula is C19H23N5O2. The Kier molecular flexibility index (Phi) is 4.81. The molecule has 136 valence electrons. The third-order valence-electron chi connectivity index (χ3n) is 5.02. The van der Waals surface area contributed by atoms with Crippen molar-refractivity contribution in [3.63, 3.8) is 0 Å². The topological polar surface area (TPSA) is 78.5 Å². The molecule has 26 heavy (non-hydrogen) atoms. The molecule has 2 aromatic heterocycles. The van der Waals surface area contributed by atoms with E-state index in [0.717, 1.165) is 49.5 Å². The number of fused-ring (bicyclic) bond motifs is 1. The normalized spacial score (nSPS) is 18.5. The summed E-state index contributed by atoms with van der Waals surface area (Å²) in [7, 11) is 0. The molecule has 7 heteroatoms. The quantitative estimate of drug-likeness (QED) is 0.751. The van der Waals surface area contributed by atoms with Crippen molar-refractivity contribution in [2.24, 2.45) is 0 Å². The number of nitrogens with zero attached hydrogens (tertiary/aromatic N) is 5. The third-order valence-corrected chi connectivity index (χ3v) is 5.02. The van der Waals surface area contributed by atoms with Crippen molar-refractivity contribution in [2.45, 2.75) is 25.9 Å². The van der Waals surface area contributed by atoms with Gasteiger partial charge in [0.1, 0.15) is 17.5 Å². The molecule has 1 aliphatic heterocycles. The maximum absolute atomic E-state index is 9.55. The highest BCUT2D eigenvalue weighted by Crippen LogP contribution is 2.28. The summed E-state index contributed by atoms with van der Waals surface area (Å²) < 4.78 is 5.28. The molecule has 1 atom stereocenters. The van der Waals surface area contributed by atoms with E-state index in [9.17, 15) is 5.11 Å². The first kappa shape index (κ1) is 16.9. The summed E-state index contributed by atoms with van der Waals surface area (Å²) in [6.45, 7) is 5.57. The lowest BCUT2D eigenvalue weighted by Crippen LogP contribution is -2.53. The molecule has 1 fully saturated rings. The minimum Gasteiger partial charge on any atom is -0.396 e. The Labute approximate surface area is 152 Å². The van der Waals surface area contributed by atoms with Crippen LogP contribution >= 0.6 is 0 Å². The number of piperazine rings is 1. The van der Waals surface area contributed by atoms with Crippen LogP contribution in [0, 0.1) is 6.92 Å². The summed E-state index contributed by atoms with van der Waals surface area (Å²) in [5.74, 6) is 0.871. The van der Waals surface area contributed by atoms with Crippen molar-refractivity contribution in [3.05, 3.63) is 47.9 Å². The van der Waals surface area contributed by atoms with Gasteiger partial charge in [-0.2, -0.15) is 4.98 Å². The molecule has 3 aromatic rings. The minimum absolute atomic E-state index is 0.176. The predicted molar refractivity (Wildman–Crippen MR) is 98.9 cm³/mol. The first-order valence-corrected chi connectivity index (χ1v) is 8.97. The van der Waals surface area contributed by atoms with E-state index in [2.05, 4.69) is 49.2 Å². The van der Waals surface area contributed by atoms with Crippen LogP contribution in [0.25, 0.3) is 11.1 Å². The van der Waals surface area contributed by atoms with Gasteiger partial charge in [0.25, 0.3) is 5.71 Å². The Hall–Kier alpha value is -2.51. The largest absolute Gasteiger partial charge is 0.396 e. The van der Waals surface area contributed by atoms with Gasteiger partial charge >= 0.3 is 0 Å². The van der Waals surface area contributed by atoms with Gasteiger partial charge in [-0.05, 0) is 18.9 Å². The predicted octanol–water partition coefficient (Wildman–Crippen LogP) is 2.00. The van der Waals surface area contributed by atoms with E-state index >= 15 is 0 Å². The molecule has 4 rings (SSSR count). The number of aromatic nitrogens is 3. The lowest BCUT2D eigenvalue weighted by atomic mass is 10.1. The number of anilines is 1. The lowest BCUT2D eigenvalue weighted by molar-refractivity contribution is 0.135. The maximum Gasteiger partial charge on any atom is 0.263 e. The van der Waals surface area contributed by atoms with Crippen LogP contribution in [-0.2, 0) is 6.54 Å². The van der Waals surface area contributed by atoms with E-state index in [1.807, 2.05) is 13.0 Å². The van der Waals surface area contributed by atoms with Crippen LogP contribution in [0.2, 0.25) is 0 Å². The summed E-state index contributed by atoms with van der Waals surface area (Å²) in [5.41, 5.74) is 2.63. The van der Waals surface area contributed by atoms with Gasteiger partial charge in [-0.15, -0.1) is 0 Å². The Morgan fingerprint density at radius 1 is 1.19 bits per heavy atom. The van der Waals surface area contributed by atoms with Crippen molar-refractivity contribution in [3.8, 4) is 0 Å². The zero-order chi connectivity index (χ0) is 17.9. The number of aliphatic hydroxyl groups is 1. The number of benzene rings is 1.